The van der Waals surface area contributed by atoms with Gasteiger partial charge in [0.1, 0.15) is 12.6 Å². The largest absolute Gasteiger partial charge is 0.462 e. The maximum Gasteiger partial charge on any atom is 0.324 e. The average molecular weight is 270 g/mol. The Morgan fingerprint density at radius 1 is 1.35 bits per heavy atom. The molecule has 0 saturated carbocycles. The first-order valence-electron chi connectivity index (χ1n) is 6.94. The number of cyclic esters (lactones) is 1. The van der Waals surface area contributed by atoms with E-state index in [-0.39, 0.29) is 23.5 Å². The van der Waals surface area contributed by atoms with Gasteiger partial charge in [-0.05, 0) is 25.8 Å². The highest BCUT2D eigenvalue weighted by Crippen LogP contribution is 2.46. The van der Waals surface area contributed by atoms with Gasteiger partial charge in [0.15, 0.2) is 0 Å². The van der Waals surface area contributed by atoms with E-state index >= 15 is 0 Å². The van der Waals surface area contributed by atoms with Crippen molar-refractivity contribution in [2.75, 3.05) is 6.61 Å². The van der Waals surface area contributed by atoms with Gasteiger partial charge >= 0.3 is 5.97 Å². The number of hydrogen-bond donors (Lipinski definition) is 0. The van der Waals surface area contributed by atoms with Crippen LogP contribution in [0.1, 0.15) is 31.9 Å². The number of fused-ring (bicyclic) bond motifs is 1. The Bertz CT molecular complexity index is 562. The topological polar surface area (TPSA) is 53.3 Å². The molecule has 0 aliphatic carbocycles. The maximum absolute atomic E-state index is 12.1. The van der Waals surface area contributed by atoms with Crippen molar-refractivity contribution in [2.45, 2.75) is 37.9 Å². The van der Waals surface area contributed by atoms with Gasteiger partial charge < -0.3 is 4.74 Å². The van der Waals surface area contributed by atoms with E-state index in [1.165, 1.54) is 0 Å². The molecule has 2 heterocycles. The van der Waals surface area contributed by atoms with Crippen molar-refractivity contribution in [1.29, 1.82) is 5.26 Å². The first-order valence-corrected chi connectivity index (χ1v) is 6.94. The first-order chi connectivity index (χ1) is 9.54. The monoisotopic (exact) mass is 270 g/mol. The SMILES string of the molecule is CC1(C)C[C@H](C#N)C2C(=O)OC[C@H](c3ccccc3)N21. The normalized spacial score (nSPS) is 32.2. The van der Waals surface area contributed by atoms with Gasteiger partial charge in [-0.15, -0.1) is 0 Å². The summed E-state index contributed by atoms with van der Waals surface area (Å²) in [6.07, 6.45) is 0.701. The predicted octanol–water partition coefficient (Wildman–Crippen LogP) is 2.28. The highest BCUT2D eigenvalue weighted by Gasteiger charge is 2.55. The predicted molar refractivity (Wildman–Crippen MR) is 73.6 cm³/mol. The molecule has 3 atom stereocenters. The molecule has 4 heteroatoms. The number of rotatable bonds is 1. The second kappa shape index (κ2) is 4.60. The number of nitriles is 1. The fourth-order valence-electron chi connectivity index (χ4n) is 3.59. The van der Waals surface area contributed by atoms with Crippen LogP contribution in [0.3, 0.4) is 0 Å². The zero-order valence-corrected chi connectivity index (χ0v) is 11.7. The van der Waals surface area contributed by atoms with E-state index in [4.69, 9.17) is 4.74 Å². The molecule has 0 spiro atoms. The quantitative estimate of drug-likeness (QED) is 0.735. The van der Waals surface area contributed by atoms with Gasteiger partial charge in [0, 0.05) is 5.54 Å². The number of ether oxygens (including phenoxy) is 1. The van der Waals surface area contributed by atoms with Gasteiger partial charge in [0.05, 0.1) is 18.0 Å². The van der Waals surface area contributed by atoms with E-state index in [1.807, 2.05) is 18.2 Å². The van der Waals surface area contributed by atoms with E-state index in [0.29, 0.717) is 13.0 Å². The summed E-state index contributed by atoms with van der Waals surface area (Å²) in [4.78, 5) is 14.3. The molecule has 2 fully saturated rings. The van der Waals surface area contributed by atoms with E-state index in [9.17, 15) is 10.1 Å². The Balaban J connectivity index is 2.03. The fraction of sp³-hybridized carbons (Fsp3) is 0.500. The number of esters is 1. The molecule has 1 unspecified atom stereocenters. The number of carbonyl (C=O) groups is 1. The summed E-state index contributed by atoms with van der Waals surface area (Å²) in [5, 5.41) is 9.33. The standard InChI is InChI=1S/C16H18N2O2/c1-16(2)8-12(9-17)14-15(19)20-10-13(18(14)16)11-6-4-3-5-7-11/h3-7,12-14H,8,10H2,1-2H3/t12-,13-,14?/m1/s1. The molecule has 0 aromatic heterocycles. The number of morpholine rings is 1. The molecule has 20 heavy (non-hydrogen) atoms. The van der Waals surface area contributed by atoms with Gasteiger partial charge in [-0.25, -0.2) is 0 Å². The van der Waals surface area contributed by atoms with Crippen LogP contribution in [0.5, 0.6) is 0 Å². The minimum absolute atomic E-state index is 0.0345. The third-order valence-corrected chi connectivity index (χ3v) is 4.41. The molecule has 1 aromatic rings. The van der Waals surface area contributed by atoms with Crippen LogP contribution in [0.2, 0.25) is 0 Å². The molecule has 4 nitrogen and oxygen atoms in total. The van der Waals surface area contributed by atoms with Gasteiger partial charge in [0.2, 0.25) is 0 Å². The maximum atomic E-state index is 12.1. The lowest BCUT2D eigenvalue weighted by atomic mass is 9.95. The Morgan fingerprint density at radius 3 is 2.70 bits per heavy atom. The van der Waals surface area contributed by atoms with Crippen molar-refractivity contribution in [3.63, 3.8) is 0 Å². The van der Waals surface area contributed by atoms with Crippen molar-refractivity contribution in [2.24, 2.45) is 5.92 Å². The number of nitrogens with zero attached hydrogens (tertiary/aromatic N) is 2. The molecular formula is C16H18N2O2. The fourth-order valence-corrected chi connectivity index (χ4v) is 3.59. The molecule has 2 aliphatic heterocycles. The van der Waals surface area contributed by atoms with E-state index in [2.05, 4.69) is 36.9 Å². The van der Waals surface area contributed by atoms with Crippen LogP contribution in [0, 0.1) is 17.2 Å². The molecule has 0 bridgehead atoms. The second-order valence-electron chi connectivity index (χ2n) is 6.16. The zero-order chi connectivity index (χ0) is 14.3. The minimum Gasteiger partial charge on any atom is -0.462 e. The summed E-state index contributed by atoms with van der Waals surface area (Å²) in [7, 11) is 0. The lowest BCUT2D eigenvalue weighted by Crippen LogP contribution is -2.54. The van der Waals surface area contributed by atoms with Crippen LogP contribution in [0.15, 0.2) is 30.3 Å². The van der Waals surface area contributed by atoms with E-state index in [1.54, 1.807) is 0 Å². The Hall–Kier alpha value is -1.86. The Morgan fingerprint density at radius 2 is 2.05 bits per heavy atom. The highest BCUT2D eigenvalue weighted by molar-refractivity contribution is 5.78. The van der Waals surface area contributed by atoms with Crippen molar-refractivity contribution >= 4 is 5.97 Å². The molecule has 0 N–H and O–H groups in total. The highest BCUT2D eigenvalue weighted by atomic mass is 16.5. The zero-order valence-electron chi connectivity index (χ0n) is 11.7. The minimum atomic E-state index is -0.436. The molecule has 2 saturated heterocycles. The molecule has 0 radical (unpaired) electrons. The Kier molecular flexibility index (Phi) is 3.02. The van der Waals surface area contributed by atoms with Crippen LogP contribution in [0.4, 0.5) is 0 Å². The van der Waals surface area contributed by atoms with Crippen LogP contribution in [0.25, 0.3) is 0 Å². The van der Waals surface area contributed by atoms with Crippen molar-refractivity contribution < 1.29 is 9.53 Å². The van der Waals surface area contributed by atoms with Crippen LogP contribution in [-0.4, -0.2) is 29.1 Å². The van der Waals surface area contributed by atoms with Gasteiger partial charge in [0.25, 0.3) is 0 Å². The smallest absolute Gasteiger partial charge is 0.324 e. The summed E-state index contributed by atoms with van der Waals surface area (Å²) >= 11 is 0. The summed E-state index contributed by atoms with van der Waals surface area (Å²) in [6.45, 7) is 4.57. The van der Waals surface area contributed by atoms with E-state index in [0.717, 1.165) is 5.56 Å². The lowest BCUT2D eigenvalue weighted by Gasteiger charge is -2.44. The average Bonchev–Trinajstić information content (AvgIpc) is 2.73. The van der Waals surface area contributed by atoms with Gasteiger partial charge in [-0.2, -0.15) is 5.26 Å². The van der Waals surface area contributed by atoms with Crippen molar-refractivity contribution in [3.05, 3.63) is 35.9 Å². The molecule has 1 aromatic carbocycles. The lowest BCUT2D eigenvalue weighted by molar-refractivity contribution is -0.165. The summed E-state index contributed by atoms with van der Waals surface area (Å²) in [6, 6.07) is 11.9. The van der Waals surface area contributed by atoms with E-state index < -0.39 is 6.04 Å². The van der Waals surface area contributed by atoms with Crippen molar-refractivity contribution in [3.8, 4) is 6.07 Å². The molecule has 104 valence electrons. The second-order valence-corrected chi connectivity index (χ2v) is 6.16. The number of hydrogen-bond acceptors (Lipinski definition) is 4. The third kappa shape index (κ3) is 1.90. The summed E-state index contributed by atoms with van der Waals surface area (Å²) in [5.74, 6) is -0.543. The molecule has 2 aliphatic rings. The molecular weight excluding hydrogens is 252 g/mol. The van der Waals surface area contributed by atoms with Crippen LogP contribution in [-0.2, 0) is 9.53 Å². The Labute approximate surface area is 118 Å². The first kappa shape index (κ1) is 13.1. The van der Waals surface area contributed by atoms with Crippen molar-refractivity contribution in [1.82, 2.24) is 4.90 Å². The number of benzene rings is 1. The molecule has 0 amide bonds. The van der Waals surface area contributed by atoms with Crippen LogP contribution >= 0.6 is 0 Å². The van der Waals surface area contributed by atoms with Gasteiger partial charge in [-0.3, -0.25) is 9.69 Å². The van der Waals surface area contributed by atoms with Crippen LogP contribution < -0.4 is 0 Å². The molecule has 3 rings (SSSR count). The third-order valence-electron chi connectivity index (χ3n) is 4.41. The summed E-state index contributed by atoms with van der Waals surface area (Å²) in [5.41, 5.74) is 0.960. The summed E-state index contributed by atoms with van der Waals surface area (Å²) < 4.78 is 5.35. The van der Waals surface area contributed by atoms with Gasteiger partial charge in [-0.1, -0.05) is 30.3 Å². The number of carbonyl (C=O) groups excluding carboxylic acids is 1.